The summed E-state index contributed by atoms with van der Waals surface area (Å²) in [6.45, 7) is 0.803. The van der Waals surface area contributed by atoms with E-state index in [-0.39, 0.29) is 6.04 Å². The van der Waals surface area contributed by atoms with E-state index < -0.39 is 0 Å². The summed E-state index contributed by atoms with van der Waals surface area (Å²) in [5, 5.41) is 12.4. The molecule has 0 bridgehead atoms. The maximum absolute atomic E-state index is 4.52. The Kier molecular flexibility index (Phi) is 4.64. The lowest BCUT2D eigenvalue weighted by Gasteiger charge is -2.17. The van der Waals surface area contributed by atoms with Crippen molar-refractivity contribution in [3.05, 3.63) is 81.1 Å². The fourth-order valence-electron chi connectivity index (χ4n) is 2.85. The Morgan fingerprint density at radius 2 is 2.00 bits per heavy atom. The monoisotopic (exact) mass is 351 g/mol. The Morgan fingerprint density at radius 1 is 1.00 bits per heavy atom. The van der Waals surface area contributed by atoms with Crippen molar-refractivity contribution in [2.24, 2.45) is 0 Å². The summed E-state index contributed by atoms with van der Waals surface area (Å²) in [6.07, 6.45) is 4.68. The minimum absolute atomic E-state index is 0.228. The van der Waals surface area contributed by atoms with Crippen molar-refractivity contribution in [3.8, 4) is 0 Å². The summed E-state index contributed by atoms with van der Waals surface area (Å²) < 4.78 is 0. The van der Waals surface area contributed by atoms with E-state index in [2.05, 4.69) is 56.4 Å². The highest BCUT2D eigenvalue weighted by atomic mass is 32.1. The number of aromatic nitrogens is 2. The van der Waals surface area contributed by atoms with Gasteiger partial charge in [-0.1, -0.05) is 18.2 Å². The molecule has 120 valence electrons. The first-order valence-corrected chi connectivity index (χ1v) is 9.69. The lowest BCUT2D eigenvalue weighted by atomic mass is 10.1. The van der Waals surface area contributed by atoms with Crippen LogP contribution in [-0.4, -0.2) is 9.97 Å². The zero-order chi connectivity index (χ0) is 16.2. The molecular formula is C19H17N3S2. The van der Waals surface area contributed by atoms with Crippen molar-refractivity contribution in [2.45, 2.75) is 19.0 Å². The fraction of sp³-hybridized carbons (Fsp3) is 0.158. The number of hydrogen-bond donors (Lipinski definition) is 1. The van der Waals surface area contributed by atoms with Crippen molar-refractivity contribution < 1.29 is 0 Å². The molecule has 5 heteroatoms. The molecule has 0 radical (unpaired) electrons. The van der Waals surface area contributed by atoms with Gasteiger partial charge in [-0.2, -0.15) is 11.3 Å². The van der Waals surface area contributed by atoms with Gasteiger partial charge in [0.05, 0.1) is 11.6 Å². The molecule has 0 saturated heterocycles. The minimum atomic E-state index is 0.228. The molecule has 0 aliphatic carbocycles. The van der Waals surface area contributed by atoms with Crippen LogP contribution in [0.15, 0.2) is 64.9 Å². The molecule has 3 heterocycles. The van der Waals surface area contributed by atoms with E-state index in [1.165, 1.54) is 16.5 Å². The molecule has 1 N–H and O–H groups in total. The van der Waals surface area contributed by atoms with Gasteiger partial charge in [-0.3, -0.25) is 4.98 Å². The lowest BCUT2D eigenvalue weighted by molar-refractivity contribution is 0.530. The van der Waals surface area contributed by atoms with Crippen LogP contribution in [0.4, 0.5) is 0 Å². The third-order valence-corrected chi connectivity index (χ3v) is 5.67. The molecule has 0 spiro atoms. The van der Waals surface area contributed by atoms with Gasteiger partial charge in [-0.15, -0.1) is 11.3 Å². The van der Waals surface area contributed by atoms with Crippen molar-refractivity contribution in [1.82, 2.24) is 15.3 Å². The van der Waals surface area contributed by atoms with Crippen molar-refractivity contribution in [2.75, 3.05) is 0 Å². The SMILES string of the molecule is c1cc(CN[C@H](Cc2ccsc2)c2nccs2)c2cccnc2c1. The maximum atomic E-state index is 4.52. The molecule has 24 heavy (non-hydrogen) atoms. The van der Waals surface area contributed by atoms with Crippen LogP contribution >= 0.6 is 22.7 Å². The maximum Gasteiger partial charge on any atom is 0.110 e. The van der Waals surface area contributed by atoms with E-state index in [9.17, 15) is 0 Å². The van der Waals surface area contributed by atoms with E-state index in [1.54, 1.807) is 22.7 Å². The quantitative estimate of drug-likeness (QED) is 0.541. The summed E-state index contributed by atoms with van der Waals surface area (Å²) in [7, 11) is 0. The van der Waals surface area contributed by atoms with Gasteiger partial charge >= 0.3 is 0 Å². The summed E-state index contributed by atoms with van der Waals surface area (Å²) in [4.78, 5) is 8.96. The molecule has 1 aromatic carbocycles. The number of nitrogens with one attached hydrogen (secondary N) is 1. The second-order valence-corrected chi connectivity index (χ2v) is 7.33. The number of thiophene rings is 1. The Labute approximate surface area is 149 Å². The number of benzene rings is 1. The highest BCUT2D eigenvalue weighted by Crippen LogP contribution is 2.23. The van der Waals surface area contributed by atoms with E-state index in [1.807, 2.05) is 23.8 Å². The van der Waals surface area contributed by atoms with Crippen LogP contribution < -0.4 is 5.32 Å². The first-order chi connectivity index (χ1) is 11.9. The second-order valence-electron chi connectivity index (χ2n) is 5.63. The second kappa shape index (κ2) is 7.21. The Morgan fingerprint density at radius 3 is 2.83 bits per heavy atom. The van der Waals surface area contributed by atoms with Gasteiger partial charge in [0.15, 0.2) is 0 Å². The molecule has 0 fully saturated rings. The molecule has 0 aliphatic heterocycles. The van der Waals surface area contributed by atoms with E-state index in [0.29, 0.717) is 0 Å². The standard InChI is InChI=1S/C19H17N3S2/c1-3-15(16-4-2-7-20-17(16)5-1)12-22-18(19-21-8-10-24-19)11-14-6-9-23-13-14/h1-10,13,18,22H,11-12H2/t18-/m1/s1. The lowest BCUT2D eigenvalue weighted by Crippen LogP contribution is -2.22. The molecule has 0 amide bonds. The molecule has 3 nitrogen and oxygen atoms in total. The third-order valence-electron chi connectivity index (χ3n) is 4.04. The van der Waals surface area contributed by atoms with Gasteiger partial charge in [-0.25, -0.2) is 4.98 Å². The highest BCUT2D eigenvalue weighted by molar-refractivity contribution is 7.09. The van der Waals surface area contributed by atoms with Gasteiger partial charge < -0.3 is 5.32 Å². The van der Waals surface area contributed by atoms with E-state index in [4.69, 9.17) is 0 Å². The summed E-state index contributed by atoms with van der Waals surface area (Å²) in [6, 6.07) is 12.8. The Hall–Kier alpha value is -2.08. The van der Waals surface area contributed by atoms with Crippen LogP contribution in [0.3, 0.4) is 0 Å². The number of thiazole rings is 1. The van der Waals surface area contributed by atoms with Gasteiger partial charge in [-0.05, 0) is 46.5 Å². The van der Waals surface area contributed by atoms with Gasteiger partial charge in [0.2, 0.25) is 0 Å². The number of rotatable bonds is 6. The molecule has 4 aromatic rings. The Bertz CT molecular complexity index is 896. The Balaban J connectivity index is 1.56. The van der Waals surface area contributed by atoms with Crippen LogP contribution in [0.2, 0.25) is 0 Å². The minimum Gasteiger partial charge on any atom is -0.304 e. The van der Waals surface area contributed by atoms with Crippen molar-refractivity contribution in [3.63, 3.8) is 0 Å². The molecule has 4 rings (SSSR count). The zero-order valence-corrected chi connectivity index (χ0v) is 14.7. The average Bonchev–Trinajstić information content (AvgIpc) is 3.32. The number of hydrogen-bond acceptors (Lipinski definition) is 5. The molecule has 3 aromatic heterocycles. The van der Waals surface area contributed by atoms with Crippen molar-refractivity contribution >= 4 is 33.6 Å². The van der Waals surface area contributed by atoms with Crippen LogP contribution in [-0.2, 0) is 13.0 Å². The van der Waals surface area contributed by atoms with Gasteiger partial charge in [0, 0.05) is 29.7 Å². The van der Waals surface area contributed by atoms with Gasteiger partial charge in [0.25, 0.3) is 0 Å². The smallest absolute Gasteiger partial charge is 0.110 e. The topological polar surface area (TPSA) is 37.8 Å². The number of pyridine rings is 1. The van der Waals surface area contributed by atoms with Crippen LogP contribution in [0.1, 0.15) is 22.2 Å². The molecule has 0 unspecified atom stereocenters. The molecule has 0 saturated carbocycles. The van der Waals surface area contributed by atoms with E-state index >= 15 is 0 Å². The normalized spacial score (nSPS) is 12.5. The molecule has 1 atom stereocenters. The third kappa shape index (κ3) is 3.38. The average molecular weight is 352 g/mol. The fourth-order valence-corrected chi connectivity index (χ4v) is 4.25. The van der Waals surface area contributed by atoms with Crippen molar-refractivity contribution in [1.29, 1.82) is 0 Å². The first kappa shape index (κ1) is 15.4. The summed E-state index contributed by atoms with van der Waals surface area (Å²) in [5.41, 5.74) is 3.67. The summed E-state index contributed by atoms with van der Waals surface area (Å²) >= 11 is 3.45. The predicted molar refractivity (Wildman–Crippen MR) is 101 cm³/mol. The number of nitrogens with zero attached hydrogens (tertiary/aromatic N) is 2. The molecule has 0 aliphatic rings. The van der Waals surface area contributed by atoms with Crippen LogP contribution in [0.5, 0.6) is 0 Å². The van der Waals surface area contributed by atoms with E-state index in [0.717, 1.165) is 23.5 Å². The zero-order valence-electron chi connectivity index (χ0n) is 13.1. The van der Waals surface area contributed by atoms with Crippen LogP contribution in [0.25, 0.3) is 10.9 Å². The van der Waals surface area contributed by atoms with Gasteiger partial charge in [0.1, 0.15) is 5.01 Å². The predicted octanol–water partition coefficient (Wildman–Crippen LogP) is 4.83. The van der Waals surface area contributed by atoms with Crippen LogP contribution in [0, 0.1) is 0 Å². The number of fused-ring (bicyclic) bond motifs is 1. The largest absolute Gasteiger partial charge is 0.304 e. The first-order valence-electron chi connectivity index (χ1n) is 7.86. The highest BCUT2D eigenvalue weighted by Gasteiger charge is 2.15. The molecular weight excluding hydrogens is 334 g/mol. The summed E-state index contributed by atoms with van der Waals surface area (Å²) in [5.74, 6) is 0.